The second-order valence-electron chi connectivity index (χ2n) is 7.58. The van der Waals surface area contributed by atoms with E-state index in [2.05, 4.69) is 12.2 Å². The summed E-state index contributed by atoms with van der Waals surface area (Å²) in [5.74, 6) is -0.762. The standard InChI is InChI=1S/C22H45NO2/c1-2-3-4-5-6-7-8-9-10-11-12-13-14-15-16-17-18-19-20-23-21-22(24)25/h23H,2-21H2,1H3,(H,24,25). The van der Waals surface area contributed by atoms with Gasteiger partial charge in [0.2, 0.25) is 0 Å². The Morgan fingerprint density at radius 2 is 0.920 bits per heavy atom. The normalized spacial score (nSPS) is 11.1. The van der Waals surface area contributed by atoms with Crippen LogP contribution in [0, 0.1) is 0 Å². The van der Waals surface area contributed by atoms with Gasteiger partial charge in [-0.25, -0.2) is 0 Å². The molecule has 0 saturated carbocycles. The summed E-state index contributed by atoms with van der Waals surface area (Å²) in [7, 11) is 0. The quantitative estimate of drug-likeness (QED) is 0.225. The zero-order valence-electron chi connectivity index (χ0n) is 17.0. The van der Waals surface area contributed by atoms with Crippen LogP contribution in [-0.4, -0.2) is 24.2 Å². The molecule has 150 valence electrons. The van der Waals surface area contributed by atoms with Crippen molar-refractivity contribution in [2.75, 3.05) is 13.1 Å². The van der Waals surface area contributed by atoms with Crippen molar-refractivity contribution in [1.82, 2.24) is 5.32 Å². The second kappa shape index (κ2) is 21.5. The lowest BCUT2D eigenvalue weighted by atomic mass is 10.0. The number of nitrogens with one attached hydrogen (secondary N) is 1. The van der Waals surface area contributed by atoms with Gasteiger partial charge in [0.1, 0.15) is 0 Å². The maximum atomic E-state index is 10.3. The van der Waals surface area contributed by atoms with E-state index in [1.807, 2.05) is 0 Å². The highest BCUT2D eigenvalue weighted by Crippen LogP contribution is 2.14. The van der Waals surface area contributed by atoms with Crippen LogP contribution >= 0.6 is 0 Å². The zero-order chi connectivity index (χ0) is 18.4. The maximum absolute atomic E-state index is 10.3. The van der Waals surface area contributed by atoms with Crippen molar-refractivity contribution >= 4 is 5.97 Å². The van der Waals surface area contributed by atoms with Crippen molar-refractivity contribution in [2.45, 2.75) is 122 Å². The Morgan fingerprint density at radius 3 is 1.24 bits per heavy atom. The molecule has 2 N–H and O–H groups in total. The van der Waals surface area contributed by atoms with Gasteiger partial charge in [-0.3, -0.25) is 4.79 Å². The number of carboxylic acids is 1. The summed E-state index contributed by atoms with van der Waals surface area (Å²) in [6, 6.07) is 0. The van der Waals surface area contributed by atoms with E-state index in [1.165, 1.54) is 109 Å². The van der Waals surface area contributed by atoms with E-state index >= 15 is 0 Å². The SMILES string of the molecule is CCCCCCCCCCCCCCCCCCCCNCC(=O)O. The molecule has 0 aromatic heterocycles. The highest BCUT2D eigenvalue weighted by atomic mass is 16.4. The van der Waals surface area contributed by atoms with Gasteiger partial charge in [-0.05, 0) is 13.0 Å². The molecule has 0 saturated heterocycles. The topological polar surface area (TPSA) is 49.3 Å². The van der Waals surface area contributed by atoms with E-state index in [-0.39, 0.29) is 6.54 Å². The maximum Gasteiger partial charge on any atom is 0.317 e. The summed E-state index contributed by atoms with van der Waals surface area (Å²) in [5, 5.41) is 11.4. The fraction of sp³-hybridized carbons (Fsp3) is 0.955. The summed E-state index contributed by atoms with van der Waals surface area (Å²) in [4.78, 5) is 10.3. The third-order valence-electron chi connectivity index (χ3n) is 4.98. The van der Waals surface area contributed by atoms with E-state index in [0.29, 0.717) is 0 Å². The van der Waals surface area contributed by atoms with Crippen LogP contribution in [0.25, 0.3) is 0 Å². The van der Waals surface area contributed by atoms with Gasteiger partial charge < -0.3 is 10.4 Å². The Kier molecular flexibility index (Phi) is 21.0. The molecule has 0 bridgehead atoms. The molecular weight excluding hydrogens is 310 g/mol. The Balaban J connectivity index is 2.97. The molecule has 0 atom stereocenters. The Bertz CT molecular complexity index is 269. The minimum absolute atomic E-state index is 0.0962. The molecule has 0 amide bonds. The van der Waals surface area contributed by atoms with Crippen LogP contribution in [-0.2, 0) is 4.79 Å². The number of carbonyl (C=O) groups is 1. The van der Waals surface area contributed by atoms with Crippen molar-refractivity contribution in [1.29, 1.82) is 0 Å². The van der Waals surface area contributed by atoms with Gasteiger partial charge in [0.05, 0.1) is 6.54 Å². The summed E-state index contributed by atoms with van der Waals surface area (Å²) in [5.41, 5.74) is 0. The van der Waals surface area contributed by atoms with Gasteiger partial charge in [0.25, 0.3) is 0 Å². The predicted octanol–water partition coefficient (Wildman–Crippen LogP) is 6.70. The van der Waals surface area contributed by atoms with Crippen molar-refractivity contribution in [2.24, 2.45) is 0 Å². The molecule has 0 unspecified atom stereocenters. The van der Waals surface area contributed by atoms with Crippen molar-refractivity contribution in [3.05, 3.63) is 0 Å². The number of aliphatic carboxylic acids is 1. The van der Waals surface area contributed by atoms with E-state index in [1.54, 1.807) is 0 Å². The molecule has 0 spiro atoms. The Hall–Kier alpha value is -0.570. The number of carboxylic acid groups (broad SMARTS) is 1. The smallest absolute Gasteiger partial charge is 0.317 e. The first-order valence-electron chi connectivity index (χ1n) is 11.2. The lowest BCUT2D eigenvalue weighted by molar-refractivity contribution is -0.135. The molecule has 3 nitrogen and oxygen atoms in total. The Morgan fingerprint density at radius 1 is 0.600 bits per heavy atom. The van der Waals surface area contributed by atoms with Gasteiger partial charge >= 0.3 is 5.97 Å². The lowest BCUT2D eigenvalue weighted by Crippen LogP contribution is -2.23. The average Bonchev–Trinajstić information content (AvgIpc) is 2.60. The number of hydrogen-bond acceptors (Lipinski definition) is 2. The number of hydrogen-bond donors (Lipinski definition) is 2. The fourth-order valence-electron chi connectivity index (χ4n) is 3.35. The summed E-state index contributed by atoms with van der Waals surface area (Å²) in [6.07, 6.45) is 24.9. The van der Waals surface area contributed by atoms with Crippen LogP contribution in [0.4, 0.5) is 0 Å². The molecule has 0 aliphatic rings. The zero-order valence-corrected chi connectivity index (χ0v) is 17.0. The lowest BCUT2D eigenvalue weighted by Gasteiger charge is -2.04. The van der Waals surface area contributed by atoms with Crippen molar-refractivity contribution in [3.63, 3.8) is 0 Å². The summed E-state index contributed by atoms with van der Waals surface area (Å²) in [6.45, 7) is 3.22. The Labute approximate surface area is 157 Å². The van der Waals surface area contributed by atoms with E-state index in [0.717, 1.165) is 13.0 Å². The molecule has 0 fully saturated rings. The van der Waals surface area contributed by atoms with Crippen LogP contribution in [0.2, 0.25) is 0 Å². The molecule has 0 radical (unpaired) electrons. The van der Waals surface area contributed by atoms with Crippen LogP contribution in [0.15, 0.2) is 0 Å². The molecular formula is C22H45NO2. The van der Waals surface area contributed by atoms with Crippen LogP contribution < -0.4 is 5.32 Å². The van der Waals surface area contributed by atoms with Gasteiger partial charge in [-0.15, -0.1) is 0 Å². The van der Waals surface area contributed by atoms with E-state index in [4.69, 9.17) is 5.11 Å². The first-order chi connectivity index (χ1) is 12.3. The van der Waals surface area contributed by atoms with E-state index in [9.17, 15) is 4.79 Å². The highest BCUT2D eigenvalue weighted by Gasteiger charge is 1.96. The summed E-state index contributed by atoms with van der Waals surface area (Å²) < 4.78 is 0. The van der Waals surface area contributed by atoms with E-state index < -0.39 is 5.97 Å². The highest BCUT2D eigenvalue weighted by molar-refractivity contribution is 5.68. The predicted molar refractivity (Wildman–Crippen MR) is 109 cm³/mol. The largest absolute Gasteiger partial charge is 0.480 e. The van der Waals surface area contributed by atoms with Crippen molar-refractivity contribution < 1.29 is 9.90 Å². The first-order valence-corrected chi connectivity index (χ1v) is 11.2. The third kappa shape index (κ3) is 23.4. The molecule has 0 rings (SSSR count). The molecule has 0 aliphatic heterocycles. The second-order valence-corrected chi connectivity index (χ2v) is 7.58. The van der Waals surface area contributed by atoms with Gasteiger partial charge in [0.15, 0.2) is 0 Å². The summed E-state index contributed by atoms with van der Waals surface area (Å²) >= 11 is 0. The minimum atomic E-state index is -0.762. The molecule has 0 aromatic rings. The molecule has 0 heterocycles. The van der Waals surface area contributed by atoms with Crippen LogP contribution in [0.3, 0.4) is 0 Å². The molecule has 0 aliphatic carbocycles. The molecule has 0 aromatic carbocycles. The third-order valence-corrected chi connectivity index (χ3v) is 4.98. The molecule has 25 heavy (non-hydrogen) atoms. The number of rotatable bonds is 21. The van der Waals surface area contributed by atoms with Crippen LogP contribution in [0.1, 0.15) is 122 Å². The monoisotopic (exact) mass is 355 g/mol. The van der Waals surface area contributed by atoms with Gasteiger partial charge in [-0.1, -0.05) is 116 Å². The first kappa shape index (κ1) is 24.4. The average molecular weight is 356 g/mol. The molecule has 3 heteroatoms. The fourth-order valence-corrected chi connectivity index (χ4v) is 3.35. The van der Waals surface area contributed by atoms with Crippen molar-refractivity contribution in [3.8, 4) is 0 Å². The van der Waals surface area contributed by atoms with Gasteiger partial charge in [-0.2, -0.15) is 0 Å². The van der Waals surface area contributed by atoms with Gasteiger partial charge in [0, 0.05) is 0 Å². The van der Waals surface area contributed by atoms with Crippen LogP contribution in [0.5, 0.6) is 0 Å². The minimum Gasteiger partial charge on any atom is -0.480 e. The number of unbranched alkanes of at least 4 members (excludes halogenated alkanes) is 17.